The Hall–Kier alpha value is -2.37. The Bertz CT molecular complexity index is 657. The van der Waals surface area contributed by atoms with Crippen LogP contribution < -0.4 is 15.0 Å². The predicted molar refractivity (Wildman–Crippen MR) is 83.0 cm³/mol. The molecule has 1 N–H and O–H groups in total. The highest BCUT2D eigenvalue weighted by Gasteiger charge is 2.15. The largest absolute Gasteiger partial charge is 0.493 e. The molecule has 0 fully saturated rings. The first kappa shape index (κ1) is 13.6. The number of hydrogen-bond donors (Lipinski definition) is 1. The summed E-state index contributed by atoms with van der Waals surface area (Å²) < 4.78 is 5.54. The second-order valence-electron chi connectivity index (χ2n) is 5.13. The second kappa shape index (κ2) is 5.55. The van der Waals surface area contributed by atoms with E-state index in [0.29, 0.717) is 17.7 Å². The summed E-state index contributed by atoms with van der Waals surface area (Å²) in [5.74, 6) is 2.89. The molecule has 0 radical (unpaired) electrons. The molecule has 0 bridgehead atoms. The van der Waals surface area contributed by atoms with Crippen LogP contribution >= 0.6 is 0 Å². The Labute approximate surface area is 124 Å². The quantitative estimate of drug-likeness (QED) is 0.926. The number of ether oxygens (including phenoxy) is 1. The van der Waals surface area contributed by atoms with Gasteiger partial charge in [0.05, 0.1) is 6.61 Å². The second-order valence-corrected chi connectivity index (χ2v) is 5.13. The Morgan fingerprint density at radius 3 is 2.86 bits per heavy atom. The maximum atomic E-state index is 5.54. The van der Waals surface area contributed by atoms with Gasteiger partial charge < -0.3 is 15.0 Å². The molecule has 0 aliphatic carbocycles. The van der Waals surface area contributed by atoms with Crippen molar-refractivity contribution in [2.24, 2.45) is 0 Å². The Balaban J connectivity index is 2.04. The van der Waals surface area contributed by atoms with E-state index in [1.807, 2.05) is 38.1 Å². The summed E-state index contributed by atoms with van der Waals surface area (Å²) in [6.45, 7) is 3.54. The maximum Gasteiger partial charge on any atom is 0.230 e. The van der Waals surface area contributed by atoms with Gasteiger partial charge in [0.15, 0.2) is 5.82 Å². The van der Waals surface area contributed by atoms with Gasteiger partial charge in [-0.25, -0.2) is 0 Å². The molecular weight excluding hydrogens is 266 g/mol. The minimum atomic E-state index is 0.600. The Morgan fingerprint density at radius 1 is 1.24 bits per heavy atom. The van der Waals surface area contributed by atoms with Gasteiger partial charge in [0, 0.05) is 32.6 Å². The molecule has 2 aromatic rings. The normalized spacial score (nSPS) is 12.7. The van der Waals surface area contributed by atoms with Gasteiger partial charge in [0.2, 0.25) is 11.9 Å². The first-order valence-electron chi connectivity index (χ1n) is 7.10. The lowest BCUT2D eigenvalue weighted by Gasteiger charge is -2.13. The van der Waals surface area contributed by atoms with Crippen molar-refractivity contribution in [3.63, 3.8) is 0 Å². The SMILES string of the molecule is CCNc1nc(-c2ccc3c(c2)CCO3)nc(N(C)C)n1. The van der Waals surface area contributed by atoms with Gasteiger partial charge in [-0.15, -0.1) is 0 Å². The summed E-state index contributed by atoms with van der Waals surface area (Å²) in [7, 11) is 3.84. The van der Waals surface area contributed by atoms with Crippen molar-refractivity contribution in [3.05, 3.63) is 23.8 Å². The molecule has 0 spiro atoms. The van der Waals surface area contributed by atoms with Gasteiger partial charge in [-0.05, 0) is 30.7 Å². The summed E-state index contributed by atoms with van der Waals surface area (Å²) in [6, 6.07) is 6.09. The van der Waals surface area contributed by atoms with Crippen LogP contribution in [0.3, 0.4) is 0 Å². The lowest BCUT2D eigenvalue weighted by Crippen LogP contribution is -2.15. The molecule has 1 aliphatic heterocycles. The molecule has 3 rings (SSSR count). The van der Waals surface area contributed by atoms with Gasteiger partial charge in [-0.3, -0.25) is 0 Å². The van der Waals surface area contributed by atoms with E-state index >= 15 is 0 Å². The lowest BCUT2D eigenvalue weighted by atomic mass is 10.1. The molecule has 21 heavy (non-hydrogen) atoms. The van der Waals surface area contributed by atoms with E-state index in [-0.39, 0.29) is 0 Å². The molecule has 6 nitrogen and oxygen atoms in total. The van der Waals surface area contributed by atoms with Crippen molar-refractivity contribution in [1.82, 2.24) is 15.0 Å². The van der Waals surface area contributed by atoms with Gasteiger partial charge in [0.25, 0.3) is 0 Å². The molecule has 110 valence electrons. The zero-order valence-electron chi connectivity index (χ0n) is 12.6. The zero-order chi connectivity index (χ0) is 14.8. The fourth-order valence-electron chi connectivity index (χ4n) is 2.26. The van der Waals surface area contributed by atoms with E-state index in [4.69, 9.17) is 4.74 Å². The molecule has 2 heterocycles. The van der Waals surface area contributed by atoms with Crippen LogP contribution in [0.1, 0.15) is 12.5 Å². The van der Waals surface area contributed by atoms with E-state index in [0.717, 1.165) is 30.9 Å². The standard InChI is InChI=1S/C15H19N5O/c1-4-16-14-17-13(18-15(19-14)20(2)3)11-5-6-12-10(9-11)7-8-21-12/h5-6,9H,4,7-8H2,1-3H3,(H,16,17,18,19). The first-order chi connectivity index (χ1) is 10.2. The van der Waals surface area contributed by atoms with Crippen molar-refractivity contribution >= 4 is 11.9 Å². The summed E-state index contributed by atoms with van der Waals surface area (Å²) in [5.41, 5.74) is 2.20. The van der Waals surface area contributed by atoms with Crippen LogP contribution in [0.5, 0.6) is 5.75 Å². The number of nitrogens with one attached hydrogen (secondary N) is 1. The summed E-state index contributed by atoms with van der Waals surface area (Å²) in [4.78, 5) is 15.3. The third-order valence-electron chi connectivity index (χ3n) is 3.31. The topological polar surface area (TPSA) is 63.2 Å². The fraction of sp³-hybridized carbons (Fsp3) is 0.400. The summed E-state index contributed by atoms with van der Waals surface area (Å²) in [6.07, 6.45) is 0.939. The van der Waals surface area contributed by atoms with E-state index in [2.05, 4.69) is 26.3 Å². The summed E-state index contributed by atoms with van der Waals surface area (Å²) >= 11 is 0. The number of benzene rings is 1. The van der Waals surface area contributed by atoms with Crippen molar-refractivity contribution in [2.75, 3.05) is 37.5 Å². The molecule has 1 aliphatic rings. The smallest absolute Gasteiger partial charge is 0.230 e. The van der Waals surface area contributed by atoms with E-state index in [1.54, 1.807) is 0 Å². The van der Waals surface area contributed by atoms with E-state index < -0.39 is 0 Å². The highest BCUT2D eigenvalue weighted by Crippen LogP contribution is 2.29. The number of fused-ring (bicyclic) bond motifs is 1. The third kappa shape index (κ3) is 2.74. The Kier molecular flexibility index (Phi) is 3.60. The number of nitrogens with zero attached hydrogens (tertiary/aromatic N) is 4. The third-order valence-corrected chi connectivity index (χ3v) is 3.31. The van der Waals surface area contributed by atoms with Crippen LogP contribution in [0.2, 0.25) is 0 Å². The van der Waals surface area contributed by atoms with Gasteiger partial charge >= 0.3 is 0 Å². The molecular formula is C15H19N5O. The van der Waals surface area contributed by atoms with Gasteiger partial charge in [-0.1, -0.05) is 0 Å². The van der Waals surface area contributed by atoms with E-state index in [9.17, 15) is 0 Å². The molecule has 0 saturated carbocycles. The van der Waals surface area contributed by atoms with Crippen LogP contribution in [0, 0.1) is 0 Å². The van der Waals surface area contributed by atoms with E-state index in [1.165, 1.54) is 5.56 Å². The van der Waals surface area contributed by atoms with Gasteiger partial charge in [-0.2, -0.15) is 15.0 Å². The van der Waals surface area contributed by atoms with Crippen molar-refractivity contribution in [1.29, 1.82) is 0 Å². The van der Waals surface area contributed by atoms with Crippen LogP contribution in [0.15, 0.2) is 18.2 Å². The molecule has 6 heteroatoms. The molecule has 0 amide bonds. The molecule has 1 aromatic carbocycles. The average Bonchev–Trinajstić information content (AvgIpc) is 2.94. The number of hydrogen-bond acceptors (Lipinski definition) is 6. The maximum absolute atomic E-state index is 5.54. The zero-order valence-corrected chi connectivity index (χ0v) is 12.6. The lowest BCUT2D eigenvalue weighted by molar-refractivity contribution is 0.357. The Morgan fingerprint density at radius 2 is 2.10 bits per heavy atom. The molecule has 0 saturated heterocycles. The van der Waals surface area contributed by atoms with Crippen LogP contribution in [0.4, 0.5) is 11.9 Å². The minimum Gasteiger partial charge on any atom is -0.493 e. The average molecular weight is 285 g/mol. The monoisotopic (exact) mass is 285 g/mol. The highest BCUT2D eigenvalue weighted by atomic mass is 16.5. The van der Waals surface area contributed by atoms with Crippen molar-refractivity contribution in [3.8, 4) is 17.1 Å². The van der Waals surface area contributed by atoms with Gasteiger partial charge in [0.1, 0.15) is 5.75 Å². The minimum absolute atomic E-state index is 0.600. The van der Waals surface area contributed by atoms with Crippen LogP contribution in [-0.2, 0) is 6.42 Å². The molecule has 1 aromatic heterocycles. The summed E-state index contributed by atoms with van der Waals surface area (Å²) in [5, 5.41) is 3.15. The van der Waals surface area contributed by atoms with Crippen LogP contribution in [0.25, 0.3) is 11.4 Å². The first-order valence-corrected chi connectivity index (χ1v) is 7.10. The van der Waals surface area contributed by atoms with Crippen molar-refractivity contribution < 1.29 is 4.74 Å². The number of aromatic nitrogens is 3. The van der Waals surface area contributed by atoms with Crippen LogP contribution in [-0.4, -0.2) is 42.2 Å². The molecule has 0 atom stereocenters. The fourth-order valence-corrected chi connectivity index (χ4v) is 2.26. The molecule has 0 unspecified atom stereocenters. The number of anilines is 2. The highest BCUT2D eigenvalue weighted by molar-refractivity contribution is 5.61. The van der Waals surface area contributed by atoms with Crippen molar-refractivity contribution in [2.45, 2.75) is 13.3 Å². The number of rotatable bonds is 4. The predicted octanol–water partition coefficient (Wildman–Crippen LogP) is 1.97.